The van der Waals surface area contributed by atoms with Gasteiger partial charge in [0.05, 0.1) is 33.8 Å². The zero-order valence-electron chi connectivity index (χ0n) is 31.8. The molecule has 1 aromatic heterocycles. The summed E-state index contributed by atoms with van der Waals surface area (Å²) in [5, 5.41) is 7.37. The Balaban J connectivity index is 1.25. The van der Waals surface area contributed by atoms with Crippen LogP contribution in [-0.4, -0.2) is 4.57 Å². The molecule has 0 spiro atoms. The van der Waals surface area contributed by atoms with E-state index in [-0.39, 0.29) is 0 Å². The Hall–Kier alpha value is -7.68. The fraction of sp³-hybridized carbons (Fsp3) is 0. The van der Waals surface area contributed by atoms with Crippen LogP contribution in [0.2, 0.25) is 0 Å². The van der Waals surface area contributed by atoms with Crippen LogP contribution in [0.1, 0.15) is 0 Å². The average Bonchev–Trinajstić information content (AvgIpc) is 3.63. The summed E-state index contributed by atoms with van der Waals surface area (Å²) in [5.74, 6) is 0. The van der Waals surface area contributed by atoms with Gasteiger partial charge in [0, 0.05) is 21.9 Å². The molecule has 0 aliphatic rings. The fourth-order valence-corrected chi connectivity index (χ4v) is 8.81. The minimum atomic E-state index is 1.08. The molecule has 0 aliphatic carbocycles. The average molecular weight is 739 g/mol. The first-order valence-electron chi connectivity index (χ1n) is 19.9. The van der Waals surface area contributed by atoms with Crippen LogP contribution in [0, 0.1) is 0 Å². The summed E-state index contributed by atoms with van der Waals surface area (Å²) in [6.45, 7) is 0. The maximum Gasteiger partial charge on any atom is 0.0702 e. The molecule has 0 aliphatic heterocycles. The molecule has 10 aromatic carbocycles. The monoisotopic (exact) mass is 738 g/mol. The van der Waals surface area contributed by atoms with Gasteiger partial charge in [-0.2, -0.15) is 0 Å². The van der Waals surface area contributed by atoms with Crippen molar-refractivity contribution in [2.24, 2.45) is 0 Å². The van der Waals surface area contributed by atoms with Gasteiger partial charge in [-0.05, 0) is 92.3 Å². The van der Waals surface area contributed by atoms with E-state index in [0.717, 1.165) is 50.6 Å². The molecule has 0 atom stereocenters. The third-order valence-corrected chi connectivity index (χ3v) is 11.6. The summed E-state index contributed by atoms with van der Waals surface area (Å²) in [6.07, 6.45) is 0. The van der Waals surface area contributed by atoms with Crippen LogP contribution >= 0.6 is 0 Å². The van der Waals surface area contributed by atoms with Crippen LogP contribution in [0.25, 0.3) is 82.4 Å². The highest BCUT2D eigenvalue weighted by atomic mass is 15.2. The number of benzene rings is 10. The van der Waals surface area contributed by atoms with Gasteiger partial charge < -0.3 is 9.47 Å². The number of para-hydroxylation sites is 5. The van der Waals surface area contributed by atoms with E-state index < -0.39 is 0 Å². The number of aromatic nitrogens is 1. The molecule has 0 amide bonds. The third-order valence-electron chi connectivity index (χ3n) is 11.6. The predicted molar refractivity (Wildman–Crippen MR) is 247 cm³/mol. The molecule has 11 rings (SSSR count). The van der Waals surface area contributed by atoms with E-state index in [0.29, 0.717) is 0 Å². The molecule has 58 heavy (non-hydrogen) atoms. The molecule has 0 saturated carbocycles. The van der Waals surface area contributed by atoms with Crippen LogP contribution < -0.4 is 4.90 Å². The van der Waals surface area contributed by atoms with Gasteiger partial charge in [0.25, 0.3) is 0 Å². The van der Waals surface area contributed by atoms with Crippen molar-refractivity contribution in [3.63, 3.8) is 0 Å². The van der Waals surface area contributed by atoms with E-state index in [1.54, 1.807) is 0 Å². The summed E-state index contributed by atoms with van der Waals surface area (Å²) in [6, 6.07) is 84.0. The standard InChI is InChI=1S/C56H38N2/c1-2-18-41(19-3-1)47-22-8-11-25-51(47)58(55-29-15-14-28-54(55)57-52-26-12-9-23-49(52)50-24-10-13-27-53(50)57)56-38-45(44-32-30-39-16-4-6-20-42(39)36-44)34-35-48(56)46-33-31-40-17-5-7-21-43(40)37-46/h1-38H. The molecule has 2 nitrogen and oxygen atoms in total. The first-order valence-corrected chi connectivity index (χ1v) is 19.9. The Kier molecular flexibility index (Phi) is 8.19. The molecule has 0 N–H and O–H groups in total. The van der Waals surface area contributed by atoms with Gasteiger partial charge in [-0.1, -0.05) is 182 Å². The molecular formula is C56H38N2. The maximum atomic E-state index is 2.51. The molecule has 272 valence electrons. The van der Waals surface area contributed by atoms with Crippen LogP contribution in [0.15, 0.2) is 231 Å². The lowest BCUT2D eigenvalue weighted by Crippen LogP contribution is -2.15. The Morgan fingerprint density at radius 1 is 0.276 bits per heavy atom. The Bertz CT molecular complexity index is 3250. The smallest absolute Gasteiger partial charge is 0.0702 e. The topological polar surface area (TPSA) is 8.17 Å². The van der Waals surface area contributed by atoms with Crippen molar-refractivity contribution >= 4 is 60.4 Å². The quantitative estimate of drug-likeness (QED) is 0.158. The first-order chi connectivity index (χ1) is 28.8. The molecule has 2 heteroatoms. The molecule has 0 fully saturated rings. The van der Waals surface area contributed by atoms with Crippen molar-refractivity contribution in [1.82, 2.24) is 4.57 Å². The van der Waals surface area contributed by atoms with E-state index >= 15 is 0 Å². The van der Waals surface area contributed by atoms with Gasteiger partial charge in [-0.15, -0.1) is 0 Å². The number of fused-ring (bicyclic) bond motifs is 5. The Labute approximate surface area is 338 Å². The van der Waals surface area contributed by atoms with Crippen molar-refractivity contribution in [1.29, 1.82) is 0 Å². The zero-order chi connectivity index (χ0) is 38.4. The number of hydrogen-bond acceptors (Lipinski definition) is 1. The fourth-order valence-electron chi connectivity index (χ4n) is 8.81. The van der Waals surface area contributed by atoms with Crippen LogP contribution in [-0.2, 0) is 0 Å². The second-order valence-corrected chi connectivity index (χ2v) is 14.9. The van der Waals surface area contributed by atoms with Crippen molar-refractivity contribution in [3.05, 3.63) is 231 Å². The van der Waals surface area contributed by atoms with E-state index in [4.69, 9.17) is 0 Å². The van der Waals surface area contributed by atoms with E-state index in [1.807, 2.05) is 0 Å². The summed E-state index contributed by atoms with van der Waals surface area (Å²) in [7, 11) is 0. The lowest BCUT2D eigenvalue weighted by atomic mass is 9.93. The summed E-state index contributed by atoms with van der Waals surface area (Å²) >= 11 is 0. The second kappa shape index (κ2) is 14.1. The predicted octanol–water partition coefficient (Wildman–Crippen LogP) is 15.6. The normalized spacial score (nSPS) is 11.4. The zero-order valence-corrected chi connectivity index (χ0v) is 31.8. The minimum absolute atomic E-state index is 1.08. The summed E-state index contributed by atoms with van der Waals surface area (Å²) in [4.78, 5) is 2.51. The van der Waals surface area contributed by atoms with Crippen molar-refractivity contribution in [2.45, 2.75) is 0 Å². The Morgan fingerprint density at radius 3 is 1.47 bits per heavy atom. The number of nitrogens with zero attached hydrogens (tertiary/aromatic N) is 2. The molecule has 0 radical (unpaired) electrons. The SMILES string of the molecule is c1ccc(-c2ccccc2N(c2cc(-c3ccc4ccccc4c3)ccc2-c2ccc3ccccc3c2)c2ccccc2-n2c3ccccc3c3ccccc32)cc1. The third kappa shape index (κ3) is 5.74. The van der Waals surface area contributed by atoms with Gasteiger partial charge in [-0.25, -0.2) is 0 Å². The second-order valence-electron chi connectivity index (χ2n) is 14.9. The van der Waals surface area contributed by atoms with Crippen molar-refractivity contribution in [3.8, 4) is 39.1 Å². The molecule has 0 bridgehead atoms. The van der Waals surface area contributed by atoms with Gasteiger partial charge in [-0.3, -0.25) is 0 Å². The minimum Gasteiger partial charge on any atom is -0.307 e. The van der Waals surface area contributed by atoms with Crippen LogP contribution in [0.4, 0.5) is 17.1 Å². The number of hydrogen-bond donors (Lipinski definition) is 0. The van der Waals surface area contributed by atoms with Crippen LogP contribution in [0.3, 0.4) is 0 Å². The lowest BCUT2D eigenvalue weighted by Gasteiger charge is -2.32. The summed E-state index contributed by atoms with van der Waals surface area (Å²) in [5.41, 5.74) is 13.7. The van der Waals surface area contributed by atoms with E-state index in [9.17, 15) is 0 Å². The number of rotatable bonds is 7. The van der Waals surface area contributed by atoms with Gasteiger partial charge in [0.15, 0.2) is 0 Å². The molecule has 0 unspecified atom stereocenters. The van der Waals surface area contributed by atoms with Gasteiger partial charge in [0.1, 0.15) is 0 Å². The Morgan fingerprint density at radius 2 is 0.759 bits per heavy atom. The van der Waals surface area contributed by atoms with Gasteiger partial charge in [0.2, 0.25) is 0 Å². The first kappa shape index (κ1) is 33.6. The van der Waals surface area contributed by atoms with E-state index in [2.05, 4.69) is 240 Å². The van der Waals surface area contributed by atoms with Crippen molar-refractivity contribution in [2.75, 3.05) is 4.90 Å². The summed E-state index contributed by atoms with van der Waals surface area (Å²) < 4.78 is 2.45. The molecule has 1 heterocycles. The molecular weight excluding hydrogens is 701 g/mol. The molecule has 11 aromatic rings. The highest BCUT2D eigenvalue weighted by molar-refractivity contribution is 6.10. The number of anilines is 3. The lowest BCUT2D eigenvalue weighted by molar-refractivity contribution is 1.15. The maximum absolute atomic E-state index is 2.51. The van der Waals surface area contributed by atoms with Crippen molar-refractivity contribution < 1.29 is 0 Å². The highest BCUT2D eigenvalue weighted by Gasteiger charge is 2.25. The van der Waals surface area contributed by atoms with Gasteiger partial charge >= 0.3 is 0 Å². The largest absolute Gasteiger partial charge is 0.307 e. The van der Waals surface area contributed by atoms with E-state index in [1.165, 1.54) is 48.9 Å². The highest BCUT2D eigenvalue weighted by Crippen LogP contribution is 2.49. The molecule has 0 saturated heterocycles. The van der Waals surface area contributed by atoms with Crippen LogP contribution in [0.5, 0.6) is 0 Å².